The third-order valence-corrected chi connectivity index (χ3v) is 6.04. The highest BCUT2D eigenvalue weighted by Crippen LogP contribution is 2.36. The molecule has 0 amide bonds. The summed E-state index contributed by atoms with van der Waals surface area (Å²) in [6.07, 6.45) is 1.13. The van der Waals surface area contributed by atoms with Crippen LogP contribution in [0.2, 0.25) is 0 Å². The zero-order valence-electron chi connectivity index (χ0n) is 24.2. The Morgan fingerprint density at radius 1 is 0.865 bits per heavy atom. The van der Waals surface area contributed by atoms with Gasteiger partial charge in [0.25, 0.3) is 0 Å². The number of anilines is 1. The van der Waals surface area contributed by atoms with Gasteiger partial charge in [-0.3, -0.25) is 9.59 Å². The Morgan fingerprint density at radius 3 is 1.84 bits per heavy atom. The first-order chi connectivity index (χ1) is 17.4. The van der Waals surface area contributed by atoms with Crippen LogP contribution in [-0.2, 0) is 25.5 Å². The van der Waals surface area contributed by atoms with E-state index in [1.807, 2.05) is 33.8 Å². The number of nitrogens with one attached hydrogen (secondary N) is 1. The van der Waals surface area contributed by atoms with Gasteiger partial charge in [0.2, 0.25) is 5.88 Å². The number of esters is 2. The van der Waals surface area contributed by atoms with E-state index in [4.69, 9.17) is 19.2 Å². The quantitative estimate of drug-likeness (QED) is 0.248. The predicted molar refractivity (Wildman–Crippen MR) is 147 cm³/mol. The van der Waals surface area contributed by atoms with E-state index in [1.54, 1.807) is 27.7 Å². The summed E-state index contributed by atoms with van der Waals surface area (Å²) in [5.41, 5.74) is 5.30. The van der Waals surface area contributed by atoms with Gasteiger partial charge in [-0.15, -0.1) is 0 Å². The standard InChI is InChI=1S/C30H44N2O5/c1-11-23(12-2)32-26-15-22(10)31-28(37-27-20(8)13-19(7)14-21(27)9)24(26)16-25(29(33)35-17(3)4)30(34)36-18(5)6/h13-15,17-18,23,25H,11-12,16H2,1-10H3,(H,31,32). The summed E-state index contributed by atoms with van der Waals surface area (Å²) >= 11 is 0. The maximum Gasteiger partial charge on any atom is 0.320 e. The van der Waals surface area contributed by atoms with Crippen molar-refractivity contribution >= 4 is 17.6 Å². The maximum atomic E-state index is 13.1. The Balaban J connectivity index is 2.68. The topological polar surface area (TPSA) is 86.8 Å². The Labute approximate surface area is 222 Å². The molecule has 204 valence electrons. The second-order valence-electron chi connectivity index (χ2n) is 10.3. The van der Waals surface area contributed by atoms with E-state index in [0.29, 0.717) is 17.2 Å². The van der Waals surface area contributed by atoms with E-state index in [-0.39, 0.29) is 24.7 Å². The summed E-state index contributed by atoms with van der Waals surface area (Å²) in [7, 11) is 0. The number of benzene rings is 1. The number of carbonyl (C=O) groups is 2. The lowest BCUT2D eigenvalue weighted by atomic mass is 9.97. The van der Waals surface area contributed by atoms with E-state index in [1.165, 1.54) is 0 Å². The molecule has 1 aromatic heterocycles. The molecule has 0 radical (unpaired) electrons. The van der Waals surface area contributed by atoms with Crippen molar-refractivity contribution in [1.29, 1.82) is 0 Å². The first-order valence-electron chi connectivity index (χ1n) is 13.3. The van der Waals surface area contributed by atoms with Crippen molar-refractivity contribution in [3.05, 3.63) is 46.1 Å². The van der Waals surface area contributed by atoms with Crippen molar-refractivity contribution in [2.75, 3.05) is 5.32 Å². The normalized spacial score (nSPS) is 11.4. The first kappa shape index (κ1) is 30.1. The van der Waals surface area contributed by atoms with Gasteiger partial charge in [-0.1, -0.05) is 31.5 Å². The molecule has 0 spiro atoms. The highest BCUT2D eigenvalue weighted by molar-refractivity contribution is 5.95. The van der Waals surface area contributed by atoms with Gasteiger partial charge in [0.1, 0.15) is 5.75 Å². The van der Waals surface area contributed by atoms with Crippen molar-refractivity contribution in [3.8, 4) is 11.6 Å². The molecule has 0 saturated carbocycles. The van der Waals surface area contributed by atoms with Crippen molar-refractivity contribution < 1.29 is 23.8 Å². The maximum absolute atomic E-state index is 13.1. The minimum atomic E-state index is -1.15. The van der Waals surface area contributed by atoms with Gasteiger partial charge in [0, 0.05) is 29.4 Å². The summed E-state index contributed by atoms with van der Waals surface area (Å²) in [5.74, 6) is -1.32. The molecule has 1 N–H and O–H groups in total. The zero-order valence-corrected chi connectivity index (χ0v) is 24.2. The molecule has 7 heteroatoms. The fourth-order valence-corrected chi connectivity index (χ4v) is 4.31. The summed E-state index contributed by atoms with van der Waals surface area (Å²) in [5, 5.41) is 3.59. The molecule has 2 aromatic rings. The number of hydrogen-bond donors (Lipinski definition) is 1. The molecule has 0 fully saturated rings. The highest BCUT2D eigenvalue weighted by Gasteiger charge is 2.34. The number of nitrogens with zero attached hydrogens (tertiary/aromatic N) is 1. The van der Waals surface area contributed by atoms with Gasteiger partial charge < -0.3 is 19.5 Å². The van der Waals surface area contributed by atoms with Crippen LogP contribution in [0, 0.1) is 33.6 Å². The lowest BCUT2D eigenvalue weighted by Crippen LogP contribution is -2.33. The number of ether oxygens (including phenoxy) is 3. The van der Waals surface area contributed by atoms with E-state index in [2.05, 4.69) is 31.3 Å². The zero-order chi connectivity index (χ0) is 27.9. The van der Waals surface area contributed by atoms with Crippen LogP contribution in [-0.4, -0.2) is 35.2 Å². The lowest BCUT2D eigenvalue weighted by Gasteiger charge is -2.24. The fourth-order valence-electron chi connectivity index (χ4n) is 4.31. The molecule has 37 heavy (non-hydrogen) atoms. The summed E-state index contributed by atoms with van der Waals surface area (Å²) < 4.78 is 17.4. The number of carbonyl (C=O) groups excluding carboxylic acids is 2. The van der Waals surface area contributed by atoms with Crippen LogP contribution < -0.4 is 10.1 Å². The molecule has 0 aliphatic rings. The van der Waals surface area contributed by atoms with E-state index < -0.39 is 17.9 Å². The number of aromatic nitrogens is 1. The minimum absolute atomic E-state index is 0.0339. The first-order valence-corrected chi connectivity index (χ1v) is 13.3. The van der Waals surface area contributed by atoms with Crippen LogP contribution >= 0.6 is 0 Å². The fraction of sp³-hybridized carbons (Fsp3) is 0.567. The Morgan fingerprint density at radius 2 is 1.38 bits per heavy atom. The van der Waals surface area contributed by atoms with E-state index in [9.17, 15) is 9.59 Å². The van der Waals surface area contributed by atoms with Crippen LogP contribution in [0.1, 0.15) is 82.3 Å². The molecule has 0 atom stereocenters. The third-order valence-electron chi connectivity index (χ3n) is 6.04. The predicted octanol–water partition coefficient (Wildman–Crippen LogP) is 6.77. The summed E-state index contributed by atoms with van der Waals surface area (Å²) in [6.45, 7) is 19.2. The largest absolute Gasteiger partial charge is 0.462 e. The smallest absolute Gasteiger partial charge is 0.320 e. The molecule has 0 bridgehead atoms. The van der Waals surface area contributed by atoms with E-state index in [0.717, 1.165) is 40.9 Å². The monoisotopic (exact) mass is 512 g/mol. The van der Waals surface area contributed by atoms with Gasteiger partial charge >= 0.3 is 11.9 Å². The van der Waals surface area contributed by atoms with Gasteiger partial charge in [-0.05, 0) is 85.4 Å². The van der Waals surface area contributed by atoms with E-state index >= 15 is 0 Å². The number of rotatable bonds is 12. The Hall–Kier alpha value is -3.09. The van der Waals surface area contributed by atoms with Crippen molar-refractivity contribution in [1.82, 2.24) is 4.98 Å². The van der Waals surface area contributed by atoms with Crippen LogP contribution in [0.15, 0.2) is 18.2 Å². The Bertz CT molecular complexity index is 1040. The number of pyridine rings is 1. The summed E-state index contributed by atoms with van der Waals surface area (Å²) in [4.78, 5) is 30.9. The van der Waals surface area contributed by atoms with Gasteiger partial charge in [0.15, 0.2) is 5.92 Å². The molecule has 0 aliphatic carbocycles. The van der Waals surface area contributed by atoms with Crippen molar-refractivity contribution in [3.63, 3.8) is 0 Å². The molecule has 0 saturated heterocycles. The highest BCUT2D eigenvalue weighted by atomic mass is 16.6. The Kier molecular flexibility index (Phi) is 11.0. The average Bonchev–Trinajstić information content (AvgIpc) is 2.77. The second-order valence-corrected chi connectivity index (χ2v) is 10.3. The lowest BCUT2D eigenvalue weighted by molar-refractivity contribution is -0.166. The molecule has 7 nitrogen and oxygen atoms in total. The summed E-state index contributed by atoms with van der Waals surface area (Å²) in [6, 6.07) is 6.27. The van der Waals surface area contributed by atoms with Crippen LogP contribution in [0.25, 0.3) is 0 Å². The molecule has 1 heterocycles. The van der Waals surface area contributed by atoms with Crippen LogP contribution in [0.3, 0.4) is 0 Å². The molecule has 1 aromatic carbocycles. The van der Waals surface area contributed by atoms with Crippen LogP contribution in [0.4, 0.5) is 5.69 Å². The molecular formula is C30H44N2O5. The van der Waals surface area contributed by atoms with Gasteiger partial charge in [0.05, 0.1) is 12.2 Å². The minimum Gasteiger partial charge on any atom is -0.462 e. The van der Waals surface area contributed by atoms with Gasteiger partial charge in [-0.25, -0.2) is 4.98 Å². The number of aryl methyl sites for hydroxylation is 4. The van der Waals surface area contributed by atoms with Crippen molar-refractivity contribution in [2.45, 2.75) is 107 Å². The third kappa shape index (κ3) is 8.48. The molecular weight excluding hydrogens is 468 g/mol. The second kappa shape index (κ2) is 13.5. The molecule has 0 aliphatic heterocycles. The molecule has 2 rings (SSSR count). The van der Waals surface area contributed by atoms with Crippen LogP contribution in [0.5, 0.6) is 11.6 Å². The van der Waals surface area contributed by atoms with Crippen molar-refractivity contribution in [2.24, 2.45) is 5.92 Å². The molecule has 0 unspecified atom stereocenters. The average molecular weight is 513 g/mol. The van der Waals surface area contributed by atoms with Gasteiger partial charge in [-0.2, -0.15) is 0 Å². The SMILES string of the molecule is CCC(CC)Nc1cc(C)nc(Oc2c(C)cc(C)cc2C)c1CC(C(=O)OC(C)C)C(=O)OC(C)C. The number of hydrogen-bond acceptors (Lipinski definition) is 7.